The van der Waals surface area contributed by atoms with Crippen molar-refractivity contribution >= 4 is 23.5 Å². The van der Waals surface area contributed by atoms with E-state index in [4.69, 9.17) is 0 Å². The lowest BCUT2D eigenvalue weighted by Crippen LogP contribution is -2.15. The van der Waals surface area contributed by atoms with Crippen LogP contribution in [0.5, 0.6) is 0 Å². The monoisotopic (exact) mass is 286 g/mol. The standard InChI is InChI=1S/C15H22N6/c1-10(2)11-7-6-8-12(9-11)17-14-18-13(16-3)19-15(20-14)21(4)5/h6-10H,1-5H3,(H2,16,17,18,19,20). The van der Waals surface area contributed by atoms with Gasteiger partial charge in [-0.3, -0.25) is 0 Å². The molecule has 0 amide bonds. The van der Waals surface area contributed by atoms with Crippen LogP contribution in [0.3, 0.4) is 0 Å². The maximum absolute atomic E-state index is 4.40. The summed E-state index contributed by atoms with van der Waals surface area (Å²) in [5, 5.41) is 6.19. The Morgan fingerprint density at radius 3 is 2.38 bits per heavy atom. The van der Waals surface area contributed by atoms with Gasteiger partial charge in [0.25, 0.3) is 0 Å². The Morgan fingerprint density at radius 2 is 1.76 bits per heavy atom. The van der Waals surface area contributed by atoms with Crippen molar-refractivity contribution in [3.8, 4) is 0 Å². The molecule has 0 unspecified atom stereocenters. The highest BCUT2D eigenvalue weighted by Gasteiger charge is 2.08. The summed E-state index contributed by atoms with van der Waals surface area (Å²) in [6.07, 6.45) is 0. The third-order valence-corrected chi connectivity index (χ3v) is 3.06. The van der Waals surface area contributed by atoms with Crippen LogP contribution >= 0.6 is 0 Å². The average molecular weight is 286 g/mol. The lowest BCUT2D eigenvalue weighted by atomic mass is 10.0. The lowest BCUT2D eigenvalue weighted by Gasteiger charge is -2.14. The van der Waals surface area contributed by atoms with Crippen molar-refractivity contribution in [1.82, 2.24) is 15.0 Å². The number of rotatable bonds is 5. The maximum atomic E-state index is 4.40. The van der Waals surface area contributed by atoms with Crippen molar-refractivity contribution in [1.29, 1.82) is 0 Å². The van der Waals surface area contributed by atoms with Crippen LogP contribution in [0, 0.1) is 0 Å². The Kier molecular flexibility index (Phi) is 4.57. The Balaban J connectivity index is 2.30. The summed E-state index contributed by atoms with van der Waals surface area (Å²) >= 11 is 0. The number of anilines is 4. The molecule has 0 spiro atoms. The summed E-state index contributed by atoms with van der Waals surface area (Å²) in [4.78, 5) is 14.9. The van der Waals surface area contributed by atoms with Gasteiger partial charge < -0.3 is 15.5 Å². The Hall–Kier alpha value is -2.37. The predicted molar refractivity (Wildman–Crippen MR) is 87.5 cm³/mol. The van der Waals surface area contributed by atoms with Crippen molar-refractivity contribution in [2.24, 2.45) is 0 Å². The van der Waals surface area contributed by atoms with Gasteiger partial charge in [0, 0.05) is 26.8 Å². The zero-order valence-corrected chi connectivity index (χ0v) is 13.2. The van der Waals surface area contributed by atoms with E-state index in [2.05, 4.69) is 51.6 Å². The van der Waals surface area contributed by atoms with E-state index in [9.17, 15) is 0 Å². The molecule has 0 bridgehead atoms. The first kappa shape index (κ1) is 15.0. The highest BCUT2D eigenvalue weighted by molar-refractivity contribution is 5.57. The molecule has 1 heterocycles. The summed E-state index contributed by atoms with van der Waals surface area (Å²) in [6.45, 7) is 4.34. The van der Waals surface area contributed by atoms with E-state index in [0.717, 1.165) is 5.69 Å². The number of nitrogens with one attached hydrogen (secondary N) is 2. The van der Waals surface area contributed by atoms with E-state index in [-0.39, 0.29) is 0 Å². The van der Waals surface area contributed by atoms with Crippen LogP contribution in [0.2, 0.25) is 0 Å². The van der Waals surface area contributed by atoms with E-state index < -0.39 is 0 Å². The maximum Gasteiger partial charge on any atom is 0.233 e. The fourth-order valence-electron chi connectivity index (χ4n) is 1.84. The Labute approximate surface area is 125 Å². The van der Waals surface area contributed by atoms with Gasteiger partial charge in [-0.05, 0) is 23.6 Å². The van der Waals surface area contributed by atoms with Crippen LogP contribution in [-0.4, -0.2) is 36.1 Å². The molecule has 0 aliphatic rings. The molecular weight excluding hydrogens is 264 g/mol. The van der Waals surface area contributed by atoms with Crippen molar-refractivity contribution in [3.63, 3.8) is 0 Å². The van der Waals surface area contributed by atoms with E-state index in [0.29, 0.717) is 23.8 Å². The van der Waals surface area contributed by atoms with Crippen LogP contribution in [0.25, 0.3) is 0 Å². The molecule has 2 rings (SSSR count). The second kappa shape index (κ2) is 6.39. The molecule has 6 heteroatoms. The molecular formula is C15H22N6. The van der Waals surface area contributed by atoms with Crippen LogP contribution in [0.4, 0.5) is 23.5 Å². The predicted octanol–water partition coefficient (Wildman–Crippen LogP) is 2.85. The summed E-state index contributed by atoms with van der Waals surface area (Å²) in [5.41, 5.74) is 2.25. The second-order valence-electron chi connectivity index (χ2n) is 5.33. The minimum atomic E-state index is 0.482. The van der Waals surface area contributed by atoms with Crippen molar-refractivity contribution in [2.45, 2.75) is 19.8 Å². The molecule has 2 N–H and O–H groups in total. The molecule has 0 saturated carbocycles. The van der Waals surface area contributed by atoms with Gasteiger partial charge in [-0.25, -0.2) is 0 Å². The third kappa shape index (κ3) is 3.81. The minimum Gasteiger partial charge on any atom is -0.357 e. The van der Waals surface area contributed by atoms with Crippen molar-refractivity contribution < 1.29 is 0 Å². The molecule has 0 aliphatic heterocycles. The van der Waals surface area contributed by atoms with E-state index in [1.165, 1.54) is 5.56 Å². The molecule has 1 aromatic heterocycles. The Morgan fingerprint density at radius 1 is 1.05 bits per heavy atom. The quantitative estimate of drug-likeness (QED) is 0.881. The zero-order valence-electron chi connectivity index (χ0n) is 13.2. The number of hydrogen-bond donors (Lipinski definition) is 2. The van der Waals surface area contributed by atoms with E-state index >= 15 is 0 Å². The third-order valence-electron chi connectivity index (χ3n) is 3.06. The molecule has 0 atom stereocenters. The number of aromatic nitrogens is 3. The summed E-state index contributed by atoms with van der Waals surface area (Å²) in [5.74, 6) is 2.15. The van der Waals surface area contributed by atoms with Gasteiger partial charge in [-0.1, -0.05) is 26.0 Å². The molecule has 0 radical (unpaired) electrons. The molecule has 21 heavy (non-hydrogen) atoms. The molecule has 0 aliphatic carbocycles. The molecule has 6 nitrogen and oxygen atoms in total. The smallest absolute Gasteiger partial charge is 0.233 e. The number of hydrogen-bond acceptors (Lipinski definition) is 6. The van der Waals surface area contributed by atoms with Gasteiger partial charge in [0.2, 0.25) is 17.8 Å². The van der Waals surface area contributed by atoms with Crippen LogP contribution in [0.15, 0.2) is 24.3 Å². The fraction of sp³-hybridized carbons (Fsp3) is 0.400. The lowest BCUT2D eigenvalue weighted by molar-refractivity contribution is 0.867. The number of benzene rings is 1. The SMILES string of the molecule is CNc1nc(Nc2cccc(C(C)C)c2)nc(N(C)C)n1. The first-order chi connectivity index (χ1) is 9.99. The minimum absolute atomic E-state index is 0.482. The van der Waals surface area contributed by atoms with Gasteiger partial charge in [-0.2, -0.15) is 15.0 Å². The molecule has 2 aromatic rings. The summed E-state index contributed by atoms with van der Waals surface area (Å²) in [6, 6.07) is 8.27. The highest BCUT2D eigenvalue weighted by atomic mass is 15.3. The van der Waals surface area contributed by atoms with Crippen molar-refractivity contribution in [3.05, 3.63) is 29.8 Å². The second-order valence-corrected chi connectivity index (χ2v) is 5.33. The summed E-state index contributed by atoms with van der Waals surface area (Å²) < 4.78 is 0. The first-order valence-corrected chi connectivity index (χ1v) is 6.97. The summed E-state index contributed by atoms with van der Waals surface area (Å²) in [7, 11) is 5.59. The van der Waals surface area contributed by atoms with Crippen LogP contribution in [0.1, 0.15) is 25.3 Å². The van der Waals surface area contributed by atoms with Gasteiger partial charge in [0.05, 0.1) is 0 Å². The molecule has 0 saturated heterocycles. The normalized spacial score (nSPS) is 10.6. The van der Waals surface area contributed by atoms with Crippen molar-refractivity contribution in [2.75, 3.05) is 36.7 Å². The first-order valence-electron chi connectivity index (χ1n) is 6.97. The van der Waals surface area contributed by atoms with E-state index in [1.807, 2.05) is 31.1 Å². The average Bonchev–Trinajstić information content (AvgIpc) is 2.47. The highest BCUT2D eigenvalue weighted by Crippen LogP contribution is 2.21. The fourth-order valence-corrected chi connectivity index (χ4v) is 1.84. The van der Waals surface area contributed by atoms with E-state index in [1.54, 1.807) is 7.05 Å². The zero-order chi connectivity index (χ0) is 15.4. The Bertz CT molecular complexity index is 609. The van der Waals surface area contributed by atoms with Gasteiger partial charge in [0.15, 0.2) is 0 Å². The molecule has 1 aromatic carbocycles. The van der Waals surface area contributed by atoms with Gasteiger partial charge in [-0.15, -0.1) is 0 Å². The molecule has 112 valence electrons. The topological polar surface area (TPSA) is 66.0 Å². The van der Waals surface area contributed by atoms with Crippen LogP contribution in [-0.2, 0) is 0 Å². The van der Waals surface area contributed by atoms with Gasteiger partial charge >= 0.3 is 0 Å². The largest absolute Gasteiger partial charge is 0.357 e. The van der Waals surface area contributed by atoms with Gasteiger partial charge in [0.1, 0.15) is 0 Å². The van der Waals surface area contributed by atoms with Crippen LogP contribution < -0.4 is 15.5 Å². The molecule has 0 fully saturated rings. The number of nitrogens with zero attached hydrogens (tertiary/aromatic N) is 4.